The molecule has 0 fully saturated rings. The lowest BCUT2D eigenvalue weighted by molar-refractivity contribution is -0.116. The molecule has 1 heterocycles. The van der Waals surface area contributed by atoms with Gasteiger partial charge in [0.2, 0.25) is 11.3 Å². The van der Waals surface area contributed by atoms with Crippen molar-refractivity contribution in [1.29, 1.82) is 0 Å². The molecule has 2 aromatic carbocycles. The van der Waals surface area contributed by atoms with Gasteiger partial charge in [0.25, 0.3) is 0 Å². The van der Waals surface area contributed by atoms with Gasteiger partial charge in [0.05, 0.1) is 18.4 Å². The van der Waals surface area contributed by atoms with Gasteiger partial charge in [-0.15, -0.1) is 0 Å². The van der Waals surface area contributed by atoms with Gasteiger partial charge in [0.15, 0.2) is 0 Å². The van der Waals surface area contributed by atoms with Crippen LogP contribution in [0.2, 0.25) is 0 Å². The summed E-state index contributed by atoms with van der Waals surface area (Å²) in [7, 11) is 1.57. The molecule has 1 N–H and O–H groups in total. The molecule has 0 spiro atoms. The number of hydrogen-bond acceptors (Lipinski definition) is 4. The zero-order valence-corrected chi connectivity index (χ0v) is 16.2. The SMILES string of the molecule is CCCC(=O)Nc1c(-c2cccc(OC)c2)c(=O)c(C)nn1-c1ccccc1. The summed E-state index contributed by atoms with van der Waals surface area (Å²) in [4.78, 5) is 25.5. The molecule has 0 bridgehead atoms. The van der Waals surface area contributed by atoms with E-state index in [1.807, 2.05) is 55.5 Å². The number of hydrogen-bond donors (Lipinski definition) is 1. The lowest BCUT2D eigenvalue weighted by Gasteiger charge is -2.18. The molecule has 0 aliphatic rings. The number of methoxy groups -OCH3 is 1. The van der Waals surface area contributed by atoms with E-state index in [2.05, 4.69) is 10.4 Å². The van der Waals surface area contributed by atoms with E-state index in [1.165, 1.54) is 0 Å². The molecule has 28 heavy (non-hydrogen) atoms. The highest BCUT2D eigenvalue weighted by atomic mass is 16.5. The Kier molecular flexibility index (Phi) is 5.89. The summed E-state index contributed by atoms with van der Waals surface area (Å²) in [5, 5.41) is 7.35. The van der Waals surface area contributed by atoms with Crippen LogP contribution < -0.4 is 15.5 Å². The number of aryl methyl sites for hydroxylation is 1. The van der Waals surface area contributed by atoms with Crippen LogP contribution in [-0.4, -0.2) is 22.8 Å². The molecule has 6 nitrogen and oxygen atoms in total. The van der Waals surface area contributed by atoms with Crippen LogP contribution in [-0.2, 0) is 4.79 Å². The summed E-state index contributed by atoms with van der Waals surface area (Å²) < 4.78 is 6.92. The molecule has 1 aromatic heterocycles. The normalized spacial score (nSPS) is 10.5. The smallest absolute Gasteiger partial charge is 0.225 e. The lowest BCUT2D eigenvalue weighted by Crippen LogP contribution is -2.24. The van der Waals surface area contributed by atoms with Crippen LogP contribution >= 0.6 is 0 Å². The summed E-state index contributed by atoms with van der Waals surface area (Å²) >= 11 is 0. The molecule has 0 radical (unpaired) electrons. The molecule has 6 heteroatoms. The van der Waals surface area contributed by atoms with E-state index in [-0.39, 0.29) is 11.3 Å². The van der Waals surface area contributed by atoms with Crippen molar-refractivity contribution in [2.24, 2.45) is 0 Å². The molecule has 0 unspecified atom stereocenters. The van der Waals surface area contributed by atoms with Gasteiger partial charge in [-0.1, -0.05) is 37.3 Å². The number of benzene rings is 2. The van der Waals surface area contributed by atoms with Crippen LogP contribution in [0.1, 0.15) is 25.5 Å². The number of carbonyl (C=O) groups is 1. The summed E-state index contributed by atoms with van der Waals surface area (Å²) in [5.74, 6) is 0.818. The van der Waals surface area contributed by atoms with Crippen molar-refractivity contribution in [3.63, 3.8) is 0 Å². The second-order valence-electron chi connectivity index (χ2n) is 6.42. The molecule has 3 aromatic rings. The number of nitrogens with one attached hydrogen (secondary N) is 1. The zero-order valence-electron chi connectivity index (χ0n) is 16.2. The first-order chi connectivity index (χ1) is 13.5. The Balaban J connectivity index is 2.31. The predicted molar refractivity (Wildman–Crippen MR) is 110 cm³/mol. The number of ether oxygens (including phenoxy) is 1. The Morgan fingerprint density at radius 2 is 1.89 bits per heavy atom. The van der Waals surface area contributed by atoms with Crippen LogP contribution in [0.25, 0.3) is 16.8 Å². The average Bonchev–Trinajstić information content (AvgIpc) is 2.71. The molecular weight excluding hydrogens is 354 g/mol. The third-order valence-corrected chi connectivity index (χ3v) is 4.35. The van der Waals surface area contributed by atoms with E-state index in [1.54, 1.807) is 24.8 Å². The van der Waals surface area contributed by atoms with E-state index in [0.29, 0.717) is 41.2 Å². The van der Waals surface area contributed by atoms with Crippen molar-refractivity contribution in [3.8, 4) is 22.6 Å². The minimum absolute atomic E-state index is 0.165. The van der Waals surface area contributed by atoms with Crippen molar-refractivity contribution < 1.29 is 9.53 Å². The van der Waals surface area contributed by atoms with Gasteiger partial charge >= 0.3 is 0 Å². The molecule has 1 amide bonds. The standard InChI is InChI=1S/C22H23N3O3/c1-4-9-19(26)23-22-20(16-10-8-13-18(14-16)28-3)21(27)15(2)24-25(22)17-11-6-5-7-12-17/h5-8,10-14H,4,9H2,1-3H3,(H,23,26). The number of para-hydroxylation sites is 1. The molecule has 0 saturated carbocycles. The molecule has 3 rings (SSSR count). The van der Waals surface area contributed by atoms with Crippen molar-refractivity contribution in [3.05, 3.63) is 70.5 Å². The van der Waals surface area contributed by atoms with Gasteiger partial charge in [-0.25, -0.2) is 4.68 Å². The maximum Gasteiger partial charge on any atom is 0.225 e. The zero-order chi connectivity index (χ0) is 20.1. The quantitative estimate of drug-likeness (QED) is 0.706. The summed E-state index contributed by atoms with van der Waals surface area (Å²) in [5.41, 5.74) is 1.91. The van der Waals surface area contributed by atoms with Gasteiger partial charge < -0.3 is 10.1 Å². The maximum absolute atomic E-state index is 13.0. The number of carbonyl (C=O) groups excluding carboxylic acids is 1. The third kappa shape index (κ3) is 3.96. The van der Waals surface area contributed by atoms with Crippen molar-refractivity contribution in [1.82, 2.24) is 9.78 Å². The number of amides is 1. The van der Waals surface area contributed by atoms with Crippen molar-refractivity contribution >= 4 is 11.7 Å². The fraction of sp³-hybridized carbons (Fsp3) is 0.227. The van der Waals surface area contributed by atoms with E-state index < -0.39 is 0 Å². The van der Waals surface area contributed by atoms with E-state index in [4.69, 9.17) is 4.74 Å². The highest BCUT2D eigenvalue weighted by molar-refractivity contribution is 5.94. The minimum Gasteiger partial charge on any atom is -0.497 e. The van der Waals surface area contributed by atoms with Crippen molar-refractivity contribution in [2.45, 2.75) is 26.7 Å². The van der Waals surface area contributed by atoms with Gasteiger partial charge in [-0.2, -0.15) is 5.10 Å². The van der Waals surface area contributed by atoms with E-state index >= 15 is 0 Å². The number of nitrogens with zero attached hydrogens (tertiary/aromatic N) is 2. The fourth-order valence-corrected chi connectivity index (χ4v) is 2.98. The number of aromatic nitrogens is 2. The van der Waals surface area contributed by atoms with Crippen LogP contribution in [0.3, 0.4) is 0 Å². The van der Waals surface area contributed by atoms with Crippen molar-refractivity contribution in [2.75, 3.05) is 12.4 Å². The summed E-state index contributed by atoms with van der Waals surface area (Å²) in [6.45, 7) is 3.60. The third-order valence-electron chi connectivity index (χ3n) is 4.35. The molecular formula is C22H23N3O3. The molecule has 0 aliphatic carbocycles. The van der Waals surface area contributed by atoms with E-state index in [0.717, 1.165) is 5.69 Å². The first-order valence-corrected chi connectivity index (χ1v) is 9.18. The average molecular weight is 377 g/mol. The second-order valence-corrected chi connectivity index (χ2v) is 6.42. The fourth-order valence-electron chi connectivity index (χ4n) is 2.98. The van der Waals surface area contributed by atoms with Gasteiger partial charge in [0, 0.05) is 6.42 Å². The molecule has 0 saturated heterocycles. The van der Waals surface area contributed by atoms with Gasteiger partial charge in [-0.3, -0.25) is 9.59 Å². The molecule has 0 atom stereocenters. The van der Waals surface area contributed by atoms with Crippen LogP contribution in [0.4, 0.5) is 5.82 Å². The first kappa shape index (κ1) is 19.4. The summed E-state index contributed by atoms with van der Waals surface area (Å²) in [6.07, 6.45) is 1.06. The first-order valence-electron chi connectivity index (χ1n) is 9.18. The molecule has 144 valence electrons. The largest absolute Gasteiger partial charge is 0.497 e. The maximum atomic E-state index is 13.0. The topological polar surface area (TPSA) is 73.2 Å². The highest BCUT2D eigenvalue weighted by Crippen LogP contribution is 2.29. The van der Waals surface area contributed by atoms with Crippen LogP contribution in [0.5, 0.6) is 5.75 Å². The highest BCUT2D eigenvalue weighted by Gasteiger charge is 2.20. The number of anilines is 1. The monoisotopic (exact) mass is 377 g/mol. The van der Waals surface area contributed by atoms with Gasteiger partial charge in [-0.05, 0) is 43.2 Å². The molecule has 0 aliphatic heterocycles. The Labute approximate surface area is 163 Å². The van der Waals surface area contributed by atoms with Crippen LogP contribution in [0, 0.1) is 6.92 Å². The lowest BCUT2D eigenvalue weighted by atomic mass is 10.0. The predicted octanol–water partition coefficient (Wildman–Crippen LogP) is 3.96. The van der Waals surface area contributed by atoms with Crippen LogP contribution in [0.15, 0.2) is 59.4 Å². The summed E-state index contributed by atoms with van der Waals surface area (Å²) in [6, 6.07) is 16.6. The minimum atomic E-state index is -0.229. The Morgan fingerprint density at radius 3 is 2.57 bits per heavy atom. The van der Waals surface area contributed by atoms with Gasteiger partial charge in [0.1, 0.15) is 17.3 Å². The Morgan fingerprint density at radius 1 is 1.14 bits per heavy atom. The Hall–Kier alpha value is -3.41. The Bertz CT molecular complexity index is 1040. The number of rotatable bonds is 6. The van der Waals surface area contributed by atoms with E-state index in [9.17, 15) is 9.59 Å². The second kappa shape index (κ2) is 8.52.